The standard InChI is InChI=1S/C30H35ClFN3O4/c1-6-25(33-18-21-10-7-8-13-24(21)32)28(36)35-26-15-14-22(31)17-27(26)38-23-12-9-11-20(16-23)19(2)34-29(37)39-30(3,4)5/h7-17,19,25,33H,6,18H2,1-5H3,(H,34,37)(H,35,36)/t19-,25?/m0/s1. The van der Waals surface area contributed by atoms with Gasteiger partial charge in [0.15, 0.2) is 5.75 Å². The number of carbonyl (C=O) groups excluding carboxylic acids is 2. The summed E-state index contributed by atoms with van der Waals surface area (Å²) in [5.41, 5.74) is 1.11. The van der Waals surface area contributed by atoms with Gasteiger partial charge in [-0.1, -0.05) is 48.9 Å². The van der Waals surface area contributed by atoms with E-state index in [9.17, 15) is 14.0 Å². The molecule has 3 N–H and O–H groups in total. The number of rotatable bonds is 10. The molecule has 208 valence electrons. The lowest BCUT2D eigenvalue weighted by Gasteiger charge is -2.22. The van der Waals surface area contributed by atoms with Crippen LogP contribution in [0.15, 0.2) is 66.7 Å². The van der Waals surface area contributed by atoms with Gasteiger partial charge in [-0.25, -0.2) is 9.18 Å². The molecule has 0 aromatic heterocycles. The predicted octanol–water partition coefficient (Wildman–Crippen LogP) is 7.36. The van der Waals surface area contributed by atoms with Gasteiger partial charge in [0.2, 0.25) is 5.91 Å². The van der Waals surface area contributed by atoms with Gasteiger partial charge in [-0.05, 0) is 70.0 Å². The van der Waals surface area contributed by atoms with E-state index >= 15 is 0 Å². The summed E-state index contributed by atoms with van der Waals surface area (Å²) in [6, 6.07) is 17.7. The molecule has 3 rings (SSSR count). The van der Waals surface area contributed by atoms with Crippen molar-refractivity contribution in [3.63, 3.8) is 0 Å². The Morgan fingerprint density at radius 3 is 2.46 bits per heavy atom. The molecular weight excluding hydrogens is 521 g/mol. The van der Waals surface area contributed by atoms with Gasteiger partial charge in [0.25, 0.3) is 0 Å². The van der Waals surface area contributed by atoms with E-state index < -0.39 is 17.7 Å². The van der Waals surface area contributed by atoms with Gasteiger partial charge in [-0.15, -0.1) is 0 Å². The third kappa shape index (κ3) is 9.26. The number of carbonyl (C=O) groups is 2. The quantitative estimate of drug-likeness (QED) is 0.243. The zero-order chi connectivity index (χ0) is 28.6. The van der Waals surface area contributed by atoms with Gasteiger partial charge in [0.1, 0.15) is 17.2 Å². The monoisotopic (exact) mass is 555 g/mol. The highest BCUT2D eigenvalue weighted by atomic mass is 35.5. The van der Waals surface area contributed by atoms with E-state index in [0.717, 1.165) is 5.56 Å². The van der Waals surface area contributed by atoms with Crippen LogP contribution in [0.5, 0.6) is 11.5 Å². The summed E-state index contributed by atoms with van der Waals surface area (Å²) < 4.78 is 25.5. The lowest BCUT2D eigenvalue weighted by atomic mass is 10.1. The number of ether oxygens (including phenoxy) is 2. The molecule has 1 unspecified atom stereocenters. The average molecular weight is 556 g/mol. The molecule has 0 aliphatic rings. The third-order valence-corrected chi connectivity index (χ3v) is 5.98. The number of amides is 2. The lowest BCUT2D eigenvalue weighted by molar-refractivity contribution is -0.118. The van der Waals surface area contributed by atoms with Crippen molar-refractivity contribution >= 4 is 29.3 Å². The van der Waals surface area contributed by atoms with Crippen LogP contribution in [-0.2, 0) is 16.1 Å². The number of nitrogens with one attached hydrogen (secondary N) is 3. The lowest BCUT2D eigenvalue weighted by Crippen LogP contribution is -2.39. The van der Waals surface area contributed by atoms with Gasteiger partial charge >= 0.3 is 6.09 Å². The van der Waals surface area contributed by atoms with Crippen LogP contribution in [0.4, 0.5) is 14.9 Å². The molecule has 0 saturated heterocycles. The molecule has 9 heteroatoms. The molecule has 0 aliphatic carbocycles. The van der Waals surface area contributed by atoms with Gasteiger partial charge in [0, 0.05) is 23.2 Å². The van der Waals surface area contributed by atoms with Crippen LogP contribution in [-0.4, -0.2) is 23.6 Å². The topological polar surface area (TPSA) is 88.7 Å². The van der Waals surface area contributed by atoms with Crippen LogP contribution in [0.1, 0.15) is 58.2 Å². The molecule has 7 nitrogen and oxygen atoms in total. The first-order valence-corrected chi connectivity index (χ1v) is 13.2. The highest BCUT2D eigenvalue weighted by Gasteiger charge is 2.20. The molecule has 39 heavy (non-hydrogen) atoms. The Bertz CT molecular complexity index is 1300. The smallest absolute Gasteiger partial charge is 0.408 e. The second-order valence-corrected chi connectivity index (χ2v) is 10.5. The maximum Gasteiger partial charge on any atom is 0.408 e. The minimum Gasteiger partial charge on any atom is -0.455 e. The summed E-state index contributed by atoms with van der Waals surface area (Å²) in [5.74, 6) is 0.231. The summed E-state index contributed by atoms with van der Waals surface area (Å²) in [5, 5.41) is 9.25. The van der Waals surface area contributed by atoms with E-state index in [4.69, 9.17) is 21.1 Å². The first kappa shape index (κ1) is 29.9. The van der Waals surface area contributed by atoms with E-state index in [2.05, 4.69) is 16.0 Å². The van der Waals surface area contributed by atoms with E-state index in [1.807, 2.05) is 19.9 Å². The largest absolute Gasteiger partial charge is 0.455 e. The van der Waals surface area contributed by atoms with E-state index in [1.165, 1.54) is 6.07 Å². The Balaban J connectivity index is 1.71. The molecular formula is C30H35ClFN3O4. The van der Waals surface area contributed by atoms with Gasteiger partial charge in [-0.2, -0.15) is 0 Å². The van der Waals surface area contributed by atoms with Crippen LogP contribution >= 0.6 is 11.6 Å². The van der Waals surface area contributed by atoms with Gasteiger partial charge in [0.05, 0.1) is 17.8 Å². The Hall–Kier alpha value is -3.62. The van der Waals surface area contributed by atoms with E-state index in [-0.39, 0.29) is 24.3 Å². The van der Waals surface area contributed by atoms with Crippen molar-refractivity contribution in [2.45, 2.75) is 65.3 Å². The number of anilines is 1. The molecule has 0 aliphatic heterocycles. The number of hydrogen-bond donors (Lipinski definition) is 3. The number of alkyl carbamates (subject to hydrolysis) is 1. The Labute approximate surface area is 234 Å². The minimum absolute atomic E-state index is 0.213. The van der Waals surface area contributed by atoms with Crippen LogP contribution < -0.4 is 20.7 Å². The predicted molar refractivity (Wildman–Crippen MR) is 152 cm³/mol. The molecule has 2 atom stereocenters. The maximum absolute atomic E-state index is 14.0. The molecule has 0 fully saturated rings. The van der Waals surface area contributed by atoms with Crippen LogP contribution in [0.25, 0.3) is 0 Å². The van der Waals surface area contributed by atoms with Crippen LogP contribution in [0, 0.1) is 5.82 Å². The van der Waals surface area contributed by atoms with Crippen LogP contribution in [0.3, 0.4) is 0 Å². The normalized spacial score (nSPS) is 12.8. The number of halogens is 2. The zero-order valence-corrected chi connectivity index (χ0v) is 23.6. The highest BCUT2D eigenvalue weighted by molar-refractivity contribution is 6.30. The molecule has 0 radical (unpaired) electrons. The third-order valence-electron chi connectivity index (χ3n) is 5.74. The summed E-state index contributed by atoms with van der Waals surface area (Å²) in [6.45, 7) is 9.33. The molecule has 0 bridgehead atoms. The van der Waals surface area contributed by atoms with Gasteiger partial charge in [-0.3, -0.25) is 4.79 Å². The van der Waals surface area contributed by atoms with E-state index in [0.29, 0.717) is 34.2 Å². The second-order valence-electron chi connectivity index (χ2n) is 10.1. The molecule has 3 aromatic rings. The van der Waals surface area contributed by atoms with Crippen molar-refractivity contribution < 1.29 is 23.5 Å². The van der Waals surface area contributed by atoms with E-state index in [1.54, 1.807) is 75.4 Å². The second kappa shape index (κ2) is 13.4. The maximum atomic E-state index is 14.0. The molecule has 2 amide bonds. The SMILES string of the molecule is CCC(NCc1ccccc1F)C(=O)Nc1ccc(Cl)cc1Oc1cccc([C@H](C)NC(=O)OC(C)(C)C)c1. The van der Waals surface area contributed by atoms with Crippen molar-refractivity contribution in [1.82, 2.24) is 10.6 Å². The first-order chi connectivity index (χ1) is 18.4. The molecule has 0 spiro atoms. The fraction of sp³-hybridized carbons (Fsp3) is 0.333. The number of benzene rings is 3. The Kier molecular flexibility index (Phi) is 10.3. The van der Waals surface area contributed by atoms with Crippen molar-refractivity contribution in [1.29, 1.82) is 0 Å². The highest BCUT2D eigenvalue weighted by Crippen LogP contribution is 2.33. The molecule has 0 heterocycles. The Morgan fingerprint density at radius 1 is 1.03 bits per heavy atom. The minimum atomic E-state index is -0.605. The summed E-state index contributed by atoms with van der Waals surface area (Å²) in [4.78, 5) is 25.3. The van der Waals surface area contributed by atoms with Gasteiger partial charge < -0.3 is 25.4 Å². The molecule has 0 saturated carbocycles. The fourth-order valence-electron chi connectivity index (χ4n) is 3.74. The average Bonchev–Trinajstić information content (AvgIpc) is 2.86. The summed E-state index contributed by atoms with van der Waals surface area (Å²) in [7, 11) is 0. The van der Waals surface area contributed by atoms with Crippen LogP contribution in [0.2, 0.25) is 5.02 Å². The Morgan fingerprint density at radius 2 is 1.77 bits per heavy atom. The van der Waals surface area contributed by atoms with Crippen molar-refractivity contribution in [2.24, 2.45) is 0 Å². The first-order valence-electron chi connectivity index (χ1n) is 12.8. The van der Waals surface area contributed by atoms with Crippen molar-refractivity contribution in [2.75, 3.05) is 5.32 Å². The van der Waals surface area contributed by atoms with Crippen molar-refractivity contribution in [3.05, 3.63) is 88.7 Å². The number of hydrogen-bond acceptors (Lipinski definition) is 5. The zero-order valence-electron chi connectivity index (χ0n) is 22.8. The molecule has 3 aromatic carbocycles. The summed E-state index contributed by atoms with van der Waals surface area (Å²) in [6.07, 6.45) is -0.0236. The van der Waals surface area contributed by atoms with Crippen molar-refractivity contribution in [3.8, 4) is 11.5 Å². The fourth-order valence-corrected chi connectivity index (χ4v) is 3.91. The summed E-state index contributed by atoms with van der Waals surface area (Å²) >= 11 is 6.23.